The van der Waals surface area contributed by atoms with Gasteiger partial charge in [0, 0.05) is 0 Å². The van der Waals surface area contributed by atoms with Gasteiger partial charge in [-0.05, 0) is 20.8 Å². The lowest BCUT2D eigenvalue weighted by molar-refractivity contribution is -0.160. The van der Waals surface area contributed by atoms with E-state index in [1.54, 1.807) is 13.8 Å². The lowest BCUT2D eigenvalue weighted by atomic mass is 9.74. The summed E-state index contributed by atoms with van der Waals surface area (Å²) >= 11 is 0. The number of aliphatic hydroxyl groups excluding tert-OH is 1. The fourth-order valence-electron chi connectivity index (χ4n) is 1.78. The second-order valence-electron chi connectivity index (χ2n) is 4.05. The fourth-order valence-corrected chi connectivity index (χ4v) is 1.78. The van der Waals surface area contributed by atoms with Gasteiger partial charge < -0.3 is 14.6 Å². The molecular formula is C13H18O5. The number of carbonyl (C=O) groups is 2. The highest BCUT2D eigenvalue weighted by Crippen LogP contribution is 2.36. The van der Waals surface area contributed by atoms with Crippen molar-refractivity contribution in [1.82, 2.24) is 0 Å². The van der Waals surface area contributed by atoms with Crippen LogP contribution in [0.1, 0.15) is 20.8 Å². The van der Waals surface area contributed by atoms with Crippen LogP contribution in [0.25, 0.3) is 0 Å². The normalized spacial score (nSPS) is 26.4. The van der Waals surface area contributed by atoms with Crippen molar-refractivity contribution in [1.29, 1.82) is 0 Å². The fraction of sp³-hybridized carbons (Fsp3) is 0.538. The average molecular weight is 254 g/mol. The molecule has 5 heteroatoms. The van der Waals surface area contributed by atoms with E-state index in [0.29, 0.717) is 0 Å². The Kier molecular flexibility index (Phi) is 4.67. The Bertz CT molecular complexity index is 396. The van der Waals surface area contributed by atoms with Crippen LogP contribution in [-0.4, -0.2) is 36.4 Å². The first-order chi connectivity index (χ1) is 8.48. The van der Waals surface area contributed by atoms with E-state index in [-0.39, 0.29) is 18.8 Å². The Balaban J connectivity index is 3.11. The van der Waals surface area contributed by atoms with Crippen LogP contribution in [0.3, 0.4) is 0 Å². The third-order valence-corrected chi connectivity index (χ3v) is 2.90. The second-order valence-corrected chi connectivity index (χ2v) is 4.05. The minimum Gasteiger partial charge on any atom is -0.465 e. The molecule has 0 bridgehead atoms. The van der Waals surface area contributed by atoms with Gasteiger partial charge >= 0.3 is 11.9 Å². The smallest absolute Gasteiger partial charge is 0.335 e. The number of esters is 2. The van der Waals surface area contributed by atoms with E-state index in [4.69, 9.17) is 9.47 Å². The van der Waals surface area contributed by atoms with E-state index in [9.17, 15) is 14.7 Å². The molecule has 18 heavy (non-hydrogen) atoms. The number of carbonyl (C=O) groups excluding carboxylic acids is 2. The molecule has 0 amide bonds. The molecule has 0 aliphatic heterocycles. The second kappa shape index (κ2) is 5.82. The first-order valence-corrected chi connectivity index (χ1v) is 5.89. The summed E-state index contributed by atoms with van der Waals surface area (Å²) in [6.07, 6.45) is 3.33. The molecule has 1 aliphatic rings. The van der Waals surface area contributed by atoms with Crippen molar-refractivity contribution in [3.05, 3.63) is 23.8 Å². The van der Waals surface area contributed by atoms with Crippen LogP contribution in [0, 0.1) is 5.41 Å². The molecule has 2 atom stereocenters. The summed E-state index contributed by atoms with van der Waals surface area (Å²) in [6, 6.07) is 0. The van der Waals surface area contributed by atoms with Gasteiger partial charge in [0.15, 0.2) is 0 Å². The number of hydrogen-bond acceptors (Lipinski definition) is 5. The van der Waals surface area contributed by atoms with Crippen molar-refractivity contribution in [3.8, 4) is 0 Å². The highest BCUT2D eigenvalue weighted by molar-refractivity contribution is 5.99. The molecule has 0 aromatic heterocycles. The third kappa shape index (κ3) is 2.46. The van der Waals surface area contributed by atoms with Crippen LogP contribution < -0.4 is 0 Å². The zero-order valence-electron chi connectivity index (χ0n) is 10.8. The standard InChI is InChI=1S/C13H18O5/c1-4-17-11(15)9-7-6-8-10(14)13(9,3)12(16)18-5-2/h6-8,10,14H,4-5H2,1-3H3/t10-,13-/m0/s1. The molecule has 1 N–H and O–H groups in total. The number of allylic oxidation sites excluding steroid dienone is 2. The van der Waals surface area contributed by atoms with Gasteiger partial charge in [0.2, 0.25) is 0 Å². The summed E-state index contributed by atoms with van der Waals surface area (Å²) in [6.45, 7) is 5.20. The Morgan fingerprint density at radius 2 is 1.94 bits per heavy atom. The largest absolute Gasteiger partial charge is 0.465 e. The molecule has 1 rings (SSSR count). The molecule has 0 saturated heterocycles. The Labute approximate surface area is 106 Å². The predicted molar refractivity (Wildman–Crippen MR) is 64.6 cm³/mol. The van der Waals surface area contributed by atoms with Crippen LogP contribution in [0.5, 0.6) is 0 Å². The number of aliphatic hydroxyl groups is 1. The number of hydrogen-bond donors (Lipinski definition) is 1. The van der Waals surface area contributed by atoms with Crippen molar-refractivity contribution in [2.45, 2.75) is 26.9 Å². The molecule has 0 radical (unpaired) electrons. The Morgan fingerprint density at radius 1 is 1.33 bits per heavy atom. The predicted octanol–water partition coefficient (Wildman–Crippen LogP) is 0.976. The van der Waals surface area contributed by atoms with Gasteiger partial charge in [0.1, 0.15) is 5.41 Å². The topological polar surface area (TPSA) is 72.8 Å². The van der Waals surface area contributed by atoms with Crippen molar-refractivity contribution < 1.29 is 24.2 Å². The van der Waals surface area contributed by atoms with E-state index in [1.165, 1.54) is 25.2 Å². The molecule has 5 nitrogen and oxygen atoms in total. The van der Waals surface area contributed by atoms with E-state index < -0.39 is 23.5 Å². The van der Waals surface area contributed by atoms with Gasteiger partial charge in [0.05, 0.1) is 24.9 Å². The highest BCUT2D eigenvalue weighted by Gasteiger charge is 2.48. The monoisotopic (exact) mass is 254 g/mol. The van der Waals surface area contributed by atoms with Gasteiger partial charge in [-0.1, -0.05) is 18.2 Å². The van der Waals surface area contributed by atoms with Crippen LogP contribution in [0.15, 0.2) is 23.8 Å². The summed E-state index contributed by atoms with van der Waals surface area (Å²) in [7, 11) is 0. The third-order valence-electron chi connectivity index (χ3n) is 2.90. The summed E-state index contributed by atoms with van der Waals surface area (Å²) in [5.74, 6) is -1.25. The quantitative estimate of drug-likeness (QED) is 0.757. The minimum absolute atomic E-state index is 0.109. The molecular weight excluding hydrogens is 236 g/mol. The van der Waals surface area contributed by atoms with Crippen molar-refractivity contribution >= 4 is 11.9 Å². The first-order valence-electron chi connectivity index (χ1n) is 5.89. The molecule has 0 aromatic carbocycles. The maximum Gasteiger partial charge on any atom is 0.335 e. The highest BCUT2D eigenvalue weighted by atomic mass is 16.5. The van der Waals surface area contributed by atoms with Crippen molar-refractivity contribution in [2.24, 2.45) is 5.41 Å². The lowest BCUT2D eigenvalue weighted by Crippen LogP contribution is -2.45. The number of ether oxygens (including phenoxy) is 2. The molecule has 0 spiro atoms. The van der Waals surface area contributed by atoms with Crippen molar-refractivity contribution in [3.63, 3.8) is 0 Å². The summed E-state index contributed by atoms with van der Waals surface area (Å²) < 4.78 is 9.83. The molecule has 0 heterocycles. The zero-order chi connectivity index (χ0) is 13.8. The first kappa shape index (κ1) is 14.4. The number of rotatable bonds is 4. The van der Waals surface area contributed by atoms with E-state index in [1.807, 2.05) is 0 Å². The minimum atomic E-state index is -1.42. The van der Waals surface area contributed by atoms with E-state index in [0.717, 1.165) is 0 Å². The molecule has 0 fully saturated rings. The van der Waals surface area contributed by atoms with Crippen molar-refractivity contribution in [2.75, 3.05) is 13.2 Å². The van der Waals surface area contributed by atoms with Crippen LogP contribution in [0.2, 0.25) is 0 Å². The summed E-state index contributed by atoms with van der Waals surface area (Å²) in [4.78, 5) is 23.8. The van der Waals surface area contributed by atoms with Crippen LogP contribution in [-0.2, 0) is 19.1 Å². The Morgan fingerprint density at radius 3 is 2.50 bits per heavy atom. The molecule has 100 valence electrons. The lowest BCUT2D eigenvalue weighted by Gasteiger charge is -2.33. The summed E-state index contributed by atoms with van der Waals surface area (Å²) in [5.41, 5.74) is -1.31. The van der Waals surface area contributed by atoms with Gasteiger partial charge in [0.25, 0.3) is 0 Å². The van der Waals surface area contributed by atoms with Gasteiger partial charge in [-0.15, -0.1) is 0 Å². The maximum atomic E-state index is 12.0. The maximum absolute atomic E-state index is 12.0. The van der Waals surface area contributed by atoms with Gasteiger partial charge in [-0.3, -0.25) is 4.79 Å². The van der Waals surface area contributed by atoms with E-state index in [2.05, 4.69) is 0 Å². The molecule has 0 unspecified atom stereocenters. The molecule has 0 aromatic rings. The van der Waals surface area contributed by atoms with Crippen LogP contribution in [0.4, 0.5) is 0 Å². The Hall–Kier alpha value is -1.62. The van der Waals surface area contributed by atoms with Gasteiger partial charge in [-0.2, -0.15) is 0 Å². The van der Waals surface area contributed by atoms with Gasteiger partial charge in [-0.25, -0.2) is 4.79 Å². The average Bonchev–Trinajstić information content (AvgIpc) is 2.33. The zero-order valence-corrected chi connectivity index (χ0v) is 10.8. The molecule has 0 saturated carbocycles. The molecule has 1 aliphatic carbocycles. The summed E-state index contributed by atoms with van der Waals surface area (Å²) in [5, 5.41) is 9.98. The van der Waals surface area contributed by atoms with Crippen LogP contribution >= 0.6 is 0 Å². The SMILES string of the molecule is CCOC(=O)C1=CC=C[C@H](O)[C@@]1(C)C(=O)OCC. The van der Waals surface area contributed by atoms with E-state index >= 15 is 0 Å².